The molecule has 0 fully saturated rings. The number of rotatable bonds is 8. The maximum atomic E-state index is 13.2. The van der Waals surface area contributed by atoms with Crippen molar-refractivity contribution in [2.75, 3.05) is 30.5 Å². The highest BCUT2D eigenvalue weighted by Crippen LogP contribution is 2.45. The van der Waals surface area contributed by atoms with Crippen LogP contribution < -0.4 is 14.5 Å². The largest absolute Gasteiger partial charge is 0.503 e. The molecule has 3 rings (SSSR count). The number of hydrogen-bond acceptors (Lipinski definition) is 5. The quantitative estimate of drug-likeness (QED) is 0.670. The van der Waals surface area contributed by atoms with Crippen molar-refractivity contribution in [3.8, 4) is 5.75 Å². The van der Waals surface area contributed by atoms with Crippen molar-refractivity contribution in [3.05, 3.63) is 65.4 Å². The molecule has 0 spiro atoms. The van der Waals surface area contributed by atoms with Crippen molar-refractivity contribution in [3.63, 3.8) is 0 Å². The van der Waals surface area contributed by atoms with Gasteiger partial charge in [0.1, 0.15) is 5.75 Å². The van der Waals surface area contributed by atoms with Crippen LogP contribution in [0.5, 0.6) is 5.75 Å². The summed E-state index contributed by atoms with van der Waals surface area (Å²) >= 11 is 0. The molecule has 2 aromatic rings. The van der Waals surface area contributed by atoms with E-state index < -0.39 is 17.7 Å². The third-order valence-electron chi connectivity index (χ3n) is 5.31. The summed E-state index contributed by atoms with van der Waals surface area (Å²) in [6.45, 7) is 6.03. The molecule has 0 saturated heterocycles. The number of carbonyl (C=O) groups is 2. The molecule has 1 heterocycles. The first-order valence-corrected chi connectivity index (χ1v) is 10.6. The maximum Gasteiger partial charge on any atom is 0.294 e. The highest BCUT2D eigenvalue weighted by molar-refractivity contribution is 6.17. The standard InChI is InChI=1S/C25H30N2O4/c1-6-15-31-20-10-8-7-9-19(20)27-22(17-11-13-18(14-12-17)26(4)5)21(23(28)16(2)3)24(29)25(27)30/h7-14,16,22,29H,6,15H2,1-5H3. The molecule has 0 aliphatic carbocycles. The van der Waals surface area contributed by atoms with E-state index in [4.69, 9.17) is 4.74 Å². The van der Waals surface area contributed by atoms with Crippen molar-refractivity contribution < 1.29 is 19.4 Å². The smallest absolute Gasteiger partial charge is 0.294 e. The zero-order valence-electron chi connectivity index (χ0n) is 18.8. The Morgan fingerprint density at radius 1 is 1.13 bits per heavy atom. The van der Waals surface area contributed by atoms with E-state index in [2.05, 4.69) is 0 Å². The molecule has 2 aromatic carbocycles. The van der Waals surface area contributed by atoms with Crippen LogP contribution in [-0.2, 0) is 9.59 Å². The Kier molecular flexibility index (Phi) is 6.68. The van der Waals surface area contributed by atoms with Gasteiger partial charge in [0.2, 0.25) is 0 Å². The molecule has 6 heteroatoms. The Labute approximate surface area is 183 Å². The lowest BCUT2D eigenvalue weighted by Gasteiger charge is -2.29. The average molecular weight is 423 g/mol. The van der Waals surface area contributed by atoms with Crippen LogP contribution in [0, 0.1) is 5.92 Å². The van der Waals surface area contributed by atoms with Gasteiger partial charge >= 0.3 is 0 Å². The SMILES string of the molecule is CCCOc1ccccc1N1C(=O)C(O)=C(C(=O)C(C)C)C1c1ccc(N(C)C)cc1. The van der Waals surface area contributed by atoms with Gasteiger partial charge in [-0.2, -0.15) is 0 Å². The van der Waals surface area contributed by atoms with Crippen LogP contribution in [0.4, 0.5) is 11.4 Å². The number of aliphatic hydroxyl groups is 1. The van der Waals surface area contributed by atoms with E-state index in [0.29, 0.717) is 18.0 Å². The van der Waals surface area contributed by atoms with Gasteiger partial charge in [0.15, 0.2) is 11.5 Å². The number of hydrogen-bond donors (Lipinski definition) is 1. The third-order valence-corrected chi connectivity index (χ3v) is 5.31. The molecule has 0 saturated carbocycles. The molecule has 0 radical (unpaired) electrons. The van der Waals surface area contributed by atoms with Crippen molar-refractivity contribution in [2.45, 2.75) is 33.2 Å². The van der Waals surface area contributed by atoms with Gasteiger partial charge < -0.3 is 14.7 Å². The lowest BCUT2D eigenvalue weighted by atomic mass is 9.91. The minimum Gasteiger partial charge on any atom is -0.503 e. The van der Waals surface area contributed by atoms with Crippen molar-refractivity contribution >= 4 is 23.1 Å². The molecule has 0 bridgehead atoms. The molecular formula is C25H30N2O4. The van der Waals surface area contributed by atoms with Crippen LogP contribution in [-0.4, -0.2) is 37.5 Å². The Bertz CT molecular complexity index is 993. The van der Waals surface area contributed by atoms with Gasteiger partial charge in [-0.25, -0.2) is 0 Å². The van der Waals surface area contributed by atoms with Crippen LogP contribution in [0.15, 0.2) is 59.9 Å². The Morgan fingerprint density at radius 2 is 1.77 bits per heavy atom. The van der Waals surface area contributed by atoms with Crippen molar-refractivity contribution in [1.29, 1.82) is 0 Å². The molecule has 164 valence electrons. The van der Waals surface area contributed by atoms with Gasteiger partial charge in [-0.1, -0.05) is 45.0 Å². The summed E-state index contributed by atoms with van der Waals surface area (Å²) in [5.41, 5.74) is 2.40. The Balaban J connectivity index is 2.16. The predicted octanol–water partition coefficient (Wildman–Crippen LogP) is 4.67. The molecule has 1 aliphatic rings. The zero-order chi connectivity index (χ0) is 22.7. The first-order chi connectivity index (χ1) is 14.8. The predicted molar refractivity (Wildman–Crippen MR) is 123 cm³/mol. The van der Waals surface area contributed by atoms with E-state index in [0.717, 1.165) is 17.7 Å². The first-order valence-electron chi connectivity index (χ1n) is 10.6. The van der Waals surface area contributed by atoms with Crippen LogP contribution in [0.1, 0.15) is 38.8 Å². The fourth-order valence-electron chi connectivity index (χ4n) is 3.68. The fraction of sp³-hybridized carbons (Fsp3) is 0.360. The van der Waals surface area contributed by atoms with Crippen LogP contribution in [0.3, 0.4) is 0 Å². The van der Waals surface area contributed by atoms with E-state index in [1.165, 1.54) is 4.90 Å². The normalized spacial score (nSPS) is 16.3. The number of para-hydroxylation sites is 2. The molecule has 1 aliphatic heterocycles. The summed E-state index contributed by atoms with van der Waals surface area (Å²) in [6.07, 6.45) is 0.818. The summed E-state index contributed by atoms with van der Waals surface area (Å²) < 4.78 is 5.87. The number of ether oxygens (including phenoxy) is 1. The first kappa shape index (κ1) is 22.4. The maximum absolute atomic E-state index is 13.2. The molecule has 1 N–H and O–H groups in total. The number of anilines is 2. The lowest BCUT2D eigenvalue weighted by Crippen LogP contribution is -2.32. The number of nitrogens with zero attached hydrogens (tertiary/aromatic N) is 2. The van der Waals surface area contributed by atoms with E-state index in [1.54, 1.807) is 26.0 Å². The Morgan fingerprint density at radius 3 is 2.35 bits per heavy atom. The Hall–Kier alpha value is -3.28. The van der Waals surface area contributed by atoms with Gasteiger partial charge in [0.25, 0.3) is 5.91 Å². The van der Waals surface area contributed by atoms with Gasteiger partial charge in [0.05, 0.1) is 23.9 Å². The average Bonchev–Trinajstić information content (AvgIpc) is 3.02. The minimum absolute atomic E-state index is 0.128. The van der Waals surface area contributed by atoms with Crippen molar-refractivity contribution in [1.82, 2.24) is 0 Å². The van der Waals surface area contributed by atoms with Crippen LogP contribution in [0.2, 0.25) is 0 Å². The number of Topliss-reactive ketones (excluding diaryl/α,β-unsaturated/α-hetero) is 1. The summed E-state index contributed by atoms with van der Waals surface area (Å²) in [5.74, 6) is -1.16. The summed E-state index contributed by atoms with van der Waals surface area (Å²) in [6, 6.07) is 14.1. The van der Waals surface area contributed by atoms with Crippen LogP contribution in [0.25, 0.3) is 0 Å². The molecule has 0 aromatic heterocycles. The molecule has 1 atom stereocenters. The molecule has 1 amide bonds. The van der Waals surface area contributed by atoms with E-state index in [1.807, 2.05) is 62.3 Å². The summed E-state index contributed by atoms with van der Waals surface area (Å²) in [5, 5.41) is 10.8. The topological polar surface area (TPSA) is 70.1 Å². The fourth-order valence-corrected chi connectivity index (χ4v) is 3.68. The summed E-state index contributed by atoms with van der Waals surface area (Å²) in [4.78, 5) is 29.7. The number of aliphatic hydroxyl groups excluding tert-OH is 1. The third kappa shape index (κ3) is 4.29. The van der Waals surface area contributed by atoms with E-state index >= 15 is 0 Å². The van der Waals surface area contributed by atoms with Gasteiger partial charge in [-0.05, 0) is 36.2 Å². The van der Waals surface area contributed by atoms with Gasteiger partial charge in [-0.15, -0.1) is 0 Å². The molecule has 31 heavy (non-hydrogen) atoms. The van der Waals surface area contributed by atoms with Gasteiger partial charge in [-0.3, -0.25) is 14.5 Å². The van der Waals surface area contributed by atoms with E-state index in [-0.39, 0.29) is 17.3 Å². The second kappa shape index (κ2) is 9.25. The molecule has 1 unspecified atom stereocenters. The number of amides is 1. The monoisotopic (exact) mass is 422 g/mol. The number of ketones is 1. The van der Waals surface area contributed by atoms with E-state index in [9.17, 15) is 14.7 Å². The second-order valence-electron chi connectivity index (χ2n) is 8.16. The van der Waals surface area contributed by atoms with Crippen molar-refractivity contribution in [2.24, 2.45) is 5.92 Å². The molecular weight excluding hydrogens is 392 g/mol. The minimum atomic E-state index is -0.731. The lowest BCUT2D eigenvalue weighted by molar-refractivity contribution is -0.119. The number of carbonyl (C=O) groups excluding carboxylic acids is 2. The molecule has 6 nitrogen and oxygen atoms in total. The second-order valence-corrected chi connectivity index (χ2v) is 8.16. The highest BCUT2D eigenvalue weighted by atomic mass is 16.5. The van der Waals surface area contributed by atoms with Gasteiger partial charge in [0, 0.05) is 25.7 Å². The number of benzene rings is 2. The summed E-state index contributed by atoms with van der Waals surface area (Å²) in [7, 11) is 3.89. The van der Waals surface area contributed by atoms with Crippen LogP contribution >= 0.6 is 0 Å². The highest BCUT2D eigenvalue weighted by Gasteiger charge is 2.45. The zero-order valence-corrected chi connectivity index (χ0v) is 18.8.